The van der Waals surface area contributed by atoms with E-state index < -0.39 is 29.6 Å². The fraction of sp³-hybridized carbons (Fsp3) is 0.273. The molecule has 1 aromatic carbocycles. The maximum absolute atomic E-state index is 11.6. The molecule has 9 nitrogen and oxygen atoms in total. The second-order valence-electron chi connectivity index (χ2n) is 3.92. The van der Waals surface area contributed by atoms with Crippen LogP contribution in [0.1, 0.15) is 6.42 Å². The van der Waals surface area contributed by atoms with Gasteiger partial charge in [-0.25, -0.2) is 9.59 Å². The van der Waals surface area contributed by atoms with E-state index >= 15 is 0 Å². The highest BCUT2D eigenvalue weighted by Crippen LogP contribution is 2.26. The number of nitro benzene ring substituents is 1. The van der Waals surface area contributed by atoms with Crippen LogP contribution in [0.2, 0.25) is 5.02 Å². The SMILES string of the molecule is O=C(Nc1cc([N+](=O)[O-])ccc1Cl)N[C@@H](CCO)C(=O)O. The van der Waals surface area contributed by atoms with E-state index in [1.54, 1.807) is 0 Å². The zero-order valence-electron chi connectivity index (χ0n) is 10.6. The van der Waals surface area contributed by atoms with Gasteiger partial charge in [0.1, 0.15) is 6.04 Å². The number of aliphatic hydroxyl groups excluding tert-OH is 1. The molecule has 0 heterocycles. The first-order valence-electron chi connectivity index (χ1n) is 5.70. The van der Waals surface area contributed by atoms with Crippen molar-refractivity contribution in [2.45, 2.75) is 12.5 Å². The number of nitrogens with zero attached hydrogens (tertiary/aromatic N) is 1. The molecule has 1 aromatic rings. The number of nitrogens with one attached hydrogen (secondary N) is 2. The number of carbonyl (C=O) groups is 2. The van der Waals surface area contributed by atoms with Crippen LogP contribution in [-0.2, 0) is 4.79 Å². The summed E-state index contributed by atoms with van der Waals surface area (Å²) in [5, 5.41) is 32.5. The van der Waals surface area contributed by atoms with Crippen molar-refractivity contribution in [2.75, 3.05) is 11.9 Å². The van der Waals surface area contributed by atoms with E-state index in [9.17, 15) is 19.7 Å². The lowest BCUT2D eigenvalue weighted by Crippen LogP contribution is -2.43. The van der Waals surface area contributed by atoms with Gasteiger partial charge in [0.25, 0.3) is 5.69 Å². The summed E-state index contributed by atoms with van der Waals surface area (Å²) in [6, 6.07) is 1.25. The Morgan fingerprint density at radius 1 is 1.43 bits per heavy atom. The zero-order valence-corrected chi connectivity index (χ0v) is 11.3. The molecule has 0 saturated heterocycles. The maximum atomic E-state index is 11.6. The molecule has 21 heavy (non-hydrogen) atoms. The van der Waals surface area contributed by atoms with Crippen molar-refractivity contribution >= 4 is 35.0 Å². The molecule has 0 bridgehead atoms. The Balaban J connectivity index is 2.80. The highest BCUT2D eigenvalue weighted by molar-refractivity contribution is 6.33. The lowest BCUT2D eigenvalue weighted by Gasteiger charge is -2.14. The summed E-state index contributed by atoms with van der Waals surface area (Å²) >= 11 is 5.78. The normalized spacial score (nSPS) is 11.5. The van der Waals surface area contributed by atoms with Gasteiger partial charge in [0.05, 0.1) is 15.6 Å². The van der Waals surface area contributed by atoms with Gasteiger partial charge < -0.3 is 20.8 Å². The highest BCUT2D eigenvalue weighted by atomic mass is 35.5. The van der Waals surface area contributed by atoms with Crippen molar-refractivity contribution in [3.8, 4) is 0 Å². The molecule has 0 radical (unpaired) electrons. The molecule has 1 rings (SSSR count). The molecule has 0 saturated carbocycles. The minimum absolute atomic E-state index is 0.0310. The molecule has 1 atom stereocenters. The number of rotatable bonds is 6. The summed E-state index contributed by atoms with van der Waals surface area (Å²) in [5.74, 6) is -1.32. The molecule has 0 spiro atoms. The van der Waals surface area contributed by atoms with Gasteiger partial charge in [0.15, 0.2) is 0 Å². The number of anilines is 1. The van der Waals surface area contributed by atoms with E-state index in [0.29, 0.717) is 0 Å². The zero-order chi connectivity index (χ0) is 16.0. The number of carboxylic acids is 1. The molecule has 0 aromatic heterocycles. The van der Waals surface area contributed by atoms with Crippen LogP contribution < -0.4 is 10.6 Å². The second-order valence-corrected chi connectivity index (χ2v) is 4.33. The predicted octanol–water partition coefficient (Wildman–Crippen LogP) is 1.21. The first-order chi connectivity index (χ1) is 9.85. The molecular weight excluding hydrogens is 306 g/mol. The third-order valence-electron chi connectivity index (χ3n) is 2.43. The van der Waals surface area contributed by atoms with Crippen molar-refractivity contribution in [2.24, 2.45) is 0 Å². The number of urea groups is 1. The lowest BCUT2D eigenvalue weighted by molar-refractivity contribution is -0.384. The van der Waals surface area contributed by atoms with Gasteiger partial charge in [0, 0.05) is 25.2 Å². The molecule has 2 amide bonds. The number of nitro groups is 1. The van der Waals surface area contributed by atoms with Gasteiger partial charge in [0.2, 0.25) is 0 Å². The van der Waals surface area contributed by atoms with Crippen molar-refractivity contribution in [3.05, 3.63) is 33.3 Å². The summed E-state index contributed by atoms with van der Waals surface area (Å²) in [5.41, 5.74) is -0.309. The van der Waals surface area contributed by atoms with Gasteiger partial charge in [-0.15, -0.1) is 0 Å². The second kappa shape index (κ2) is 7.41. The summed E-state index contributed by atoms with van der Waals surface area (Å²) in [6.45, 7) is -0.422. The number of aliphatic hydroxyl groups is 1. The molecule has 0 aliphatic rings. The molecule has 0 aliphatic heterocycles. The van der Waals surface area contributed by atoms with Crippen molar-refractivity contribution < 1.29 is 24.7 Å². The van der Waals surface area contributed by atoms with E-state index in [4.69, 9.17) is 21.8 Å². The molecule has 114 valence electrons. The van der Waals surface area contributed by atoms with Gasteiger partial charge in [-0.2, -0.15) is 0 Å². The average Bonchev–Trinajstić information content (AvgIpc) is 2.40. The van der Waals surface area contributed by atoms with Crippen LogP contribution >= 0.6 is 11.6 Å². The topological polar surface area (TPSA) is 142 Å². The first-order valence-corrected chi connectivity index (χ1v) is 6.08. The average molecular weight is 318 g/mol. The summed E-state index contributed by atoms with van der Waals surface area (Å²) < 4.78 is 0. The number of non-ortho nitro benzene ring substituents is 1. The molecule has 0 aliphatic carbocycles. The molecule has 0 fully saturated rings. The van der Waals surface area contributed by atoms with Crippen LogP contribution in [0.15, 0.2) is 18.2 Å². The van der Waals surface area contributed by atoms with Crippen LogP contribution in [0.5, 0.6) is 0 Å². The number of benzene rings is 1. The van der Waals surface area contributed by atoms with Crippen molar-refractivity contribution in [3.63, 3.8) is 0 Å². The minimum atomic E-state index is -1.32. The molecular formula is C11H12ClN3O6. The van der Waals surface area contributed by atoms with Crippen molar-refractivity contribution in [1.82, 2.24) is 5.32 Å². The molecule has 4 N–H and O–H groups in total. The molecule has 0 unspecified atom stereocenters. The monoisotopic (exact) mass is 317 g/mol. The van der Waals surface area contributed by atoms with Crippen LogP contribution in [0.4, 0.5) is 16.2 Å². The van der Waals surface area contributed by atoms with Gasteiger partial charge in [-0.3, -0.25) is 10.1 Å². The van der Waals surface area contributed by atoms with E-state index in [-0.39, 0.29) is 22.8 Å². The fourth-order valence-corrected chi connectivity index (χ4v) is 1.59. The number of carboxylic acid groups (broad SMARTS) is 1. The van der Waals surface area contributed by atoms with Gasteiger partial charge in [-0.05, 0) is 6.07 Å². The Labute approximate surface area is 123 Å². The maximum Gasteiger partial charge on any atom is 0.326 e. The van der Waals surface area contributed by atoms with Crippen molar-refractivity contribution in [1.29, 1.82) is 0 Å². The Morgan fingerprint density at radius 2 is 2.10 bits per heavy atom. The standard InChI is InChI=1S/C11H12ClN3O6/c12-7-2-1-6(15(20)21)5-9(7)14-11(19)13-8(3-4-16)10(17)18/h1-2,5,8,16H,3-4H2,(H,17,18)(H2,13,14,19)/t8-/m0/s1. The quantitative estimate of drug-likeness (QED) is 0.459. The third kappa shape index (κ3) is 4.89. The molecule has 10 heteroatoms. The number of halogens is 1. The Kier molecular flexibility index (Phi) is 5.88. The summed E-state index contributed by atoms with van der Waals surface area (Å²) in [7, 11) is 0. The smallest absolute Gasteiger partial charge is 0.326 e. The van der Waals surface area contributed by atoms with Crippen LogP contribution in [-0.4, -0.2) is 39.8 Å². The lowest BCUT2D eigenvalue weighted by atomic mass is 10.2. The summed E-state index contributed by atoms with van der Waals surface area (Å²) in [4.78, 5) is 32.4. The van der Waals surface area contributed by atoms with Gasteiger partial charge >= 0.3 is 12.0 Å². The van der Waals surface area contributed by atoms with E-state index in [1.807, 2.05) is 0 Å². The largest absolute Gasteiger partial charge is 0.480 e. The van der Waals surface area contributed by atoms with Gasteiger partial charge in [-0.1, -0.05) is 11.6 Å². The first kappa shape index (κ1) is 16.7. The Hall–Kier alpha value is -2.39. The fourth-order valence-electron chi connectivity index (χ4n) is 1.43. The van der Waals surface area contributed by atoms with Crippen LogP contribution in [0.25, 0.3) is 0 Å². The highest BCUT2D eigenvalue weighted by Gasteiger charge is 2.20. The third-order valence-corrected chi connectivity index (χ3v) is 2.76. The van der Waals surface area contributed by atoms with E-state index in [0.717, 1.165) is 12.1 Å². The minimum Gasteiger partial charge on any atom is -0.480 e. The number of hydrogen-bond donors (Lipinski definition) is 4. The summed E-state index contributed by atoms with van der Waals surface area (Å²) in [6.07, 6.45) is -0.175. The number of hydrogen-bond acceptors (Lipinski definition) is 5. The predicted molar refractivity (Wildman–Crippen MR) is 73.4 cm³/mol. The van der Waals surface area contributed by atoms with E-state index in [2.05, 4.69) is 10.6 Å². The van der Waals surface area contributed by atoms with Crippen LogP contribution in [0, 0.1) is 10.1 Å². The van der Waals surface area contributed by atoms with E-state index in [1.165, 1.54) is 6.07 Å². The Bertz CT molecular complexity index is 565. The number of carbonyl (C=O) groups excluding carboxylic acids is 1. The number of amides is 2. The Morgan fingerprint density at radius 3 is 2.62 bits per heavy atom. The number of aliphatic carboxylic acids is 1. The van der Waals surface area contributed by atoms with Crippen LogP contribution in [0.3, 0.4) is 0 Å².